The Morgan fingerprint density at radius 3 is 0.912 bits per heavy atom. The summed E-state index contributed by atoms with van der Waals surface area (Å²) in [4.78, 5) is 63.0. The first-order valence-corrected chi connectivity index (χ1v) is 19.5. The maximum atomic E-state index is 13.0. The number of hydrogen-bond donors (Lipinski definition) is 4. The Morgan fingerprint density at radius 1 is 0.333 bits per heavy atom. The number of H-pyrrole nitrogens is 4. The Bertz CT molecular complexity index is 3620. The molecule has 0 aliphatic heterocycles. The minimum Gasteiger partial charge on any atom is -0.744 e. The summed E-state index contributed by atoms with van der Waals surface area (Å²) in [6.07, 6.45) is 0. The first kappa shape index (κ1) is 37.5. The van der Waals surface area contributed by atoms with E-state index in [1.165, 1.54) is 12.1 Å². The number of pyridine rings is 4. The van der Waals surface area contributed by atoms with Gasteiger partial charge in [-0.25, -0.2) is 16.8 Å². The molecule has 4 N–H and O–H groups in total. The molecule has 10 rings (SSSR count). The van der Waals surface area contributed by atoms with E-state index in [1.54, 1.807) is 72.8 Å². The van der Waals surface area contributed by atoms with Crippen molar-refractivity contribution in [3.63, 3.8) is 0 Å². The van der Waals surface area contributed by atoms with Crippen LogP contribution >= 0.6 is 0 Å². The van der Waals surface area contributed by atoms with E-state index < -0.39 is 40.9 Å². The van der Waals surface area contributed by atoms with Crippen molar-refractivity contribution in [3.8, 4) is 0 Å². The maximum absolute atomic E-state index is 13.0. The average molecular weight is 838 g/mol. The molecule has 0 amide bonds. The van der Waals surface area contributed by atoms with Crippen LogP contribution in [0.1, 0.15) is 0 Å². The molecule has 4 aromatic heterocycles. The molecule has 4 heterocycles. The Balaban J connectivity index is 0.000000157. The number of nitrogens with one attached hydrogen (secondary N) is 4. The molecule has 17 heteroatoms. The van der Waals surface area contributed by atoms with Gasteiger partial charge >= 0.3 is 17.1 Å². The van der Waals surface area contributed by atoms with Gasteiger partial charge in [0.1, 0.15) is 20.2 Å². The second-order valence-corrected chi connectivity index (χ2v) is 15.9. The number of fused-ring (bicyclic) bond motifs is 8. The van der Waals surface area contributed by atoms with Crippen LogP contribution in [-0.2, 0) is 37.3 Å². The zero-order chi connectivity index (χ0) is 39.3. The van der Waals surface area contributed by atoms with E-state index in [0.29, 0.717) is 65.7 Å². The van der Waals surface area contributed by atoms with Crippen molar-refractivity contribution in [2.24, 2.45) is 0 Å². The summed E-state index contributed by atoms with van der Waals surface area (Å²) in [5, 5.41) is 2.70. The Morgan fingerprint density at radius 2 is 0.596 bits per heavy atom. The minimum absolute atomic E-state index is 0. The van der Waals surface area contributed by atoms with Gasteiger partial charge in [-0.05, 0) is 84.9 Å². The van der Waals surface area contributed by atoms with E-state index in [4.69, 9.17) is 0 Å². The number of rotatable bonds is 2. The molecule has 0 fully saturated rings. The molecule has 0 aliphatic rings. The summed E-state index contributed by atoms with van der Waals surface area (Å²) in [6.45, 7) is 0. The topological polar surface area (TPSA) is 246 Å². The Labute approximate surface area is 328 Å². The molecule has 0 bridgehead atoms. The summed E-state index contributed by atoms with van der Waals surface area (Å²) in [6, 6.07) is 27.7. The van der Waals surface area contributed by atoms with E-state index >= 15 is 0 Å². The van der Waals surface area contributed by atoms with Crippen molar-refractivity contribution in [2.75, 3.05) is 0 Å². The van der Waals surface area contributed by atoms with Gasteiger partial charge in [0, 0.05) is 65.2 Å². The molecule has 0 spiro atoms. The number of para-hydroxylation sites is 2. The van der Waals surface area contributed by atoms with Gasteiger partial charge in [0.05, 0.1) is 31.9 Å². The van der Waals surface area contributed by atoms with Crippen LogP contribution in [0.15, 0.2) is 138 Å². The molecule has 14 nitrogen and oxygen atoms in total. The van der Waals surface area contributed by atoms with Gasteiger partial charge in [0.25, 0.3) is 0 Å². The van der Waals surface area contributed by atoms with Gasteiger partial charge < -0.3 is 29.0 Å². The van der Waals surface area contributed by atoms with Crippen LogP contribution < -0.4 is 21.7 Å². The summed E-state index contributed by atoms with van der Waals surface area (Å²) in [5.74, 6) is 0. The van der Waals surface area contributed by atoms with Crippen LogP contribution in [0.3, 0.4) is 0 Å². The number of aromatic amines is 4. The molecular weight excluding hydrogens is 816 g/mol. The van der Waals surface area contributed by atoms with Gasteiger partial charge in [-0.1, -0.05) is 24.3 Å². The monoisotopic (exact) mass is 837 g/mol. The third-order valence-electron chi connectivity index (χ3n) is 9.76. The van der Waals surface area contributed by atoms with E-state index in [-0.39, 0.29) is 49.5 Å². The first-order chi connectivity index (χ1) is 26.7. The van der Waals surface area contributed by atoms with Gasteiger partial charge in [0.2, 0.25) is 0 Å². The zero-order valence-electron chi connectivity index (χ0n) is 28.7. The maximum Gasteiger partial charge on any atom is 2.00 e. The van der Waals surface area contributed by atoms with E-state index in [2.05, 4.69) is 19.9 Å². The van der Waals surface area contributed by atoms with Crippen LogP contribution in [0.4, 0.5) is 0 Å². The molecule has 281 valence electrons. The van der Waals surface area contributed by atoms with E-state index in [0.717, 1.165) is 24.3 Å². The second-order valence-electron chi connectivity index (χ2n) is 13.1. The molecule has 1 radical (unpaired) electrons. The number of hydrogen-bond acceptors (Lipinski definition) is 10. The van der Waals surface area contributed by atoms with Crippen molar-refractivity contribution >= 4 is 107 Å². The quantitative estimate of drug-likeness (QED) is 0.101. The van der Waals surface area contributed by atoms with Crippen molar-refractivity contribution in [2.45, 2.75) is 9.79 Å². The van der Waals surface area contributed by atoms with Crippen molar-refractivity contribution in [3.05, 3.63) is 150 Å². The number of benzene rings is 6. The fourth-order valence-corrected chi connectivity index (χ4v) is 8.05. The third-order valence-corrected chi connectivity index (χ3v) is 11.4. The Hall–Kier alpha value is -6.46. The molecule has 10 aromatic rings. The summed E-state index contributed by atoms with van der Waals surface area (Å²) >= 11 is 0. The smallest absolute Gasteiger partial charge is 0.744 e. The molecule has 0 saturated heterocycles. The summed E-state index contributed by atoms with van der Waals surface area (Å²) < 4.78 is 67.7. The summed E-state index contributed by atoms with van der Waals surface area (Å²) in [5.41, 5.74) is 2.78. The fraction of sp³-hybridized carbons (Fsp3) is 0. The van der Waals surface area contributed by atoms with Crippen LogP contribution in [0.25, 0.3) is 87.2 Å². The van der Waals surface area contributed by atoms with Crippen molar-refractivity contribution < 1.29 is 43.0 Å². The minimum atomic E-state index is -4.68. The fourth-order valence-electron chi connectivity index (χ4n) is 7.06. The van der Waals surface area contributed by atoms with Gasteiger partial charge in [0.15, 0.2) is 21.7 Å². The number of aromatic nitrogens is 4. The molecule has 57 heavy (non-hydrogen) atoms. The second kappa shape index (κ2) is 13.3. The normalized spacial score (nSPS) is 12.1. The SMILES string of the molecule is O=c1c2ccccc2[nH]c2cc3c(=O)c4cc(S(=O)(=O)[O-])ccc4[nH]c3cc12.O=c1c2ccccc2[nH]c2cc3c(=O)c4cc(S(=O)(=O)[O-])ccc4[nH]c3cc12.[Mn+2]. The van der Waals surface area contributed by atoms with Crippen LogP contribution in [-0.4, -0.2) is 45.9 Å². The zero-order valence-corrected chi connectivity index (χ0v) is 31.5. The van der Waals surface area contributed by atoms with Crippen molar-refractivity contribution in [1.82, 2.24) is 19.9 Å². The van der Waals surface area contributed by atoms with Gasteiger partial charge in [-0.3, -0.25) is 19.2 Å². The molecule has 0 unspecified atom stereocenters. The Kier molecular flexibility index (Phi) is 8.77. The van der Waals surface area contributed by atoms with Crippen molar-refractivity contribution in [1.29, 1.82) is 0 Å². The van der Waals surface area contributed by atoms with Crippen LogP contribution in [0.5, 0.6) is 0 Å². The average Bonchev–Trinajstić information content (AvgIpc) is 3.17. The van der Waals surface area contributed by atoms with E-state index in [1.807, 2.05) is 0 Å². The third kappa shape index (κ3) is 6.28. The van der Waals surface area contributed by atoms with Crippen LogP contribution in [0, 0.1) is 0 Å². The molecule has 6 aromatic carbocycles. The van der Waals surface area contributed by atoms with E-state index in [9.17, 15) is 45.1 Å². The molecule has 0 atom stereocenters. The predicted octanol–water partition coefficient (Wildman–Crippen LogP) is 5.16. The predicted molar refractivity (Wildman–Crippen MR) is 211 cm³/mol. The first-order valence-electron chi connectivity index (χ1n) is 16.7. The standard InChI is InChI=1S/2C20H12N2O5S.Mn/c2*23-19-11-3-1-2-4-15(11)21-17-9-14-18(8-13(17)19)22-16-6-5-10(28(25,26)27)7-12(16)20(14)24;/h2*1-9H,(H,21,23)(H,22,24)(H,25,26,27);/q;;+2/p-2. The van der Waals surface area contributed by atoms with Gasteiger partial charge in [-0.15, -0.1) is 0 Å². The van der Waals surface area contributed by atoms with Gasteiger partial charge in [-0.2, -0.15) is 0 Å². The largest absolute Gasteiger partial charge is 2.00 e. The molecule has 0 saturated carbocycles. The van der Waals surface area contributed by atoms with Crippen LogP contribution in [0.2, 0.25) is 0 Å². The molecular formula is C40H22MnN4O10S2. The molecule has 0 aliphatic carbocycles. The summed E-state index contributed by atoms with van der Waals surface area (Å²) in [7, 11) is -9.36.